The van der Waals surface area contributed by atoms with Crippen LogP contribution in [-0.4, -0.2) is 37.5 Å². The van der Waals surface area contributed by atoms with E-state index in [4.69, 9.17) is 0 Å². The molecule has 1 aliphatic carbocycles. The Kier molecular flexibility index (Phi) is 4.22. The molecule has 3 heteroatoms. The van der Waals surface area contributed by atoms with E-state index in [2.05, 4.69) is 5.32 Å². The second-order valence-electron chi connectivity index (χ2n) is 5.39. The molecule has 0 spiro atoms. The quantitative estimate of drug-likeness (QED) is 0.787. The monoisotopic (exact) mass is 224 g/mol. The molecule has 1 saturated carbocycles. The van der Waals surface area contributed by atoms with Crippen LogP contribution in [0.25, 0.3) is 0 Å². The Labute approximate surface area is 98.6 Å². The SMILES string of the molecule is CN(CCC1CCC1)C(=O)C1CCCNC1. The molecule has 16 heavy (non-hydrogen) atoms. The van der Waals surface area contributed by atoms with Crippen LogP contribution in [0.15, 0.2) is 0 Å². The third kappa shape index (κ3) is 2.97. The third-order valence-electron chi connectivity index (χ3n) is 4.12. The molecule has 1 aliphatic heterocycles. The Balaban J connectivity index is 1.69. The lowest BCUT2D eigenvalue weighted by atomic mass is 9.83. The summed E-state index contributed by atoms with van der Waals surface area (Å²) in [5.74, 6) is 1.49. The molecule has 1 amide bonds. The molecule has 1 atom stereocenters. The maximum Gasteiger partial charge on any atom is 0.226 e. The molecule has 0 aromatic rings. The van der Waals surface area contributed by atoms with Crippen LogP contribution in [0, 0.1) is 11.8 Å². The van der Waals surface area contributed by atoms with Crippen molar-refractivity contribution in [2.75, 3.05) is 26.7 Å². The van der Waals surface area contributed by atoms with E-state index in [9.17, 15) is 4.79 Å². The van der Waals surface area contributed by atoms with Gasteiger partial charge in [-0.1, -0.05) is 19.3 Å². The van der Waals surface area contributed by atoms with Gasteiger partial charge in [0.2, 0.25) is 5.91 Å². The third-order valence-corrected chi connectivity index (χ3v) is 4.12. The Hall–Kier alpha value is -0.570. The molecule has 0 aromatic heterocycles. The standard InChI is InChI=1S/C13H24N2O/c1-15(9-7-11-4-2-5-11)13(16)12-6-3-8-14-10-12/h11-12,14H,2-10H2,1H3. The van der Waals surface area contributed by atoms with Gasteiger partial charge >= 0.3 is 0 Å². The lowest BCUT2D eigenvalue weighted by molar-refractivity contribution is -0.134. The highest BCUT2D eigenvalue weighted by Crippen LogP contribution is 2.29. The summed E-state index contributed by atoms with van der Waals surface area (Å²) in [5, 5.41) is 3.31. The molecule has 2 rings (SSSR count). The van der Waals surface area contributed by atoms with Gasteiger partial charge in [-0.15, -0.1) is 0 Å². The summed E-state index contributed by atoms with van der Waals surface area (Å²) in [7, 11) is 1.97. The average molecular weight is 224 g/mol. The number of hydrogen-bond donors (Lipinski definition) is 1. The van der Waals surface area contributed by atoms with Gasteiger partial charge in [0.05, 0.1) is 5.92 Å². The summed E-state index contributed by atoms with van der Waals surface area (Å²) in [6.45, 7) is 2.92. The smallest absolute Gasteiger partial charge is 0.226 e. The normalized spacial score (nSPS) is 26.2. The molecule has 92 valence electrons. The Morgan fingerprint density at radius 3 is 2.69 bits per heavy atom. The van der Waals surface area contributed by atoms with E-state index in [0.29, 0.717) is 5.91 Å². The number of piperidine rings is 1. The van der Waals surface area contributed by atoms with Crippen molar-refractivity contribution in [2.24, 2.45) is 11.8 Å². The molecule has 2 aliphatic rings. The first-order valence-electron chi connectivity index (χ1n) is 6.73. The van der Waals surface area contributed by atoms with Crippen molar-refractivity contribution >= 4 is 5.91 Å². The van der Waals surface area contributed by atoms with Crippen LogP contribution in [0.4, 0.5) is 0 Å². The van der Waals surface area contributed by atoms with Crippen molar-refractivity contribution < 1.29 is 4.79 Å². The molecule has 0 bridgehead atoms. The van der Waals surface area contributed by atoms with E-state index < -0.39 is 0 Å². The van der Waals surface area contributed by atoms with Crippen LogP contribution < -0.4 is 5.32 Å². The van der Waals surface area contributed by atoms with Crippen LogP contribution in [0.5, 0.6) is 0 Å². The minimum atomic E-state index is 0.236. The van der Waals surface area contributed by atoms with Gasteiger partial charge in [-0.05, 0) is 31.7 Å². The first-order valence-corrected chi connectivity index (χ1v) is 6.73. The average Bonchev–Trinajstić information content (AvgIpc) is 2.27. The maximum absolute atomic E-state index is 12.1. The van der Waals surface area contributed by atoms with Gasteiger partial charge in [0.15, 0.2) is 0 Å². The first kappa shape index (κ1) is 11.9. The fraction of sp³-hybridized carbons (Fsp3) is 0.923. The van der Waals surface area contributed by atoms with Gasteiger partial charge in [0.1, 0.15) is 0 Å². The lowest BCUT2D eigenvalue weighted by Crippen LogP contribution is -2.42. The van der Waals surface area contributed by atoms with Crippen molar-refractivity contribution in [2.45, 2.75) is 38.5 Å². The second-order valence-corrected chi connectivity index (χ2v) is 5.39. The fourth-order valence-corrected chi connectivity index (χ4v) is 2.64. The summed E-state index contributed by atoms with van der Waals surface area (Å²) in [5.41, 5.74) is 0. The minimum Gasteiger partial charge on any atom is -0.345 e. The first-order chi connectivity index (χ1) is 7.77. The van der Waals surface area contributed by atoms with Gasteiger partial charge in [0.25, 0.3) is 0 Å². The molecule has 0 radical (unpaired) electrons. The Morgan fingerprint density at radius 1 is 1.31 bits per heavy atom. The summed E-state index contributed by atoms with van der Waals surface area (Å²) >= 11 is 0. The number of amides is 1. The van der Waals surface area contributed by atoms with Crippen LogP contribution in [0.1, 0.15) is 38.5 Å². The molecule has 3 nitrogen and oxygen atoms in total. The van der Waals surface area contributed by atoms with E-state index in [-0.39, 0.29) is 5.92 Å². The summed E-state index contributed by atoms with van der Waals surface area (Å²) in [4.78, 5) is 14.1. The summed E-state index contributed by atoms with van der Waals surface area (Å²) < 4.78 is 0. The van der Waals surface area contributed by atoms with Gasteiger partial charge in [-0.2, -0.15) is 0 Å². The van der Waals surface area contributed by atoms with Crippen LogP contribution in [0.3, 0.4) is 0 Å². The molecule has 2 fully saturated rings. The summed E-state index contributed by atoms with van der Waals surface area (Å²) in [6.07, 6.45) is 7.59. The van der Waals surface area contributed by atoms with Gasteiger partial charge in [0, 0.05) is 20.1 Å². The molecule has 1 heterocycles. The highest BCUT2D eigenvalue weighted by Gasteiger charge is 2.25. The zero-order valence-electron chi connectivity index (χ0n) is 10.4. The van der Waals surface area contributed by atoms with Crippen LogP contribution >= 0.6 is 0 Å². The molecule has 1 N–H and O–H groups in total. The minimum absolute atomic E-state index is 0.236. The highest BCUT2D eigenvalue weighted by molar-refractivity contribution is 5.78. The van der Waals surface area contributed by atoms with E-state index in [0.717, 1.165) is 38.4 Å². The van der Waals surface area contributed by atoms with E-state index in [1.54, 1.807) is 0 Å². The predicted octanol–water partition coefficient (Wildman–Crippen LogP) is 1.63. The van der Waals surface area contributed by atoms with Crippen molar-refractivity contribution in [3.05, 3.63) is 0 Å². The van der Waals surface area contributed by atoms with Crippen molar-refractivity contribution in [1.82, 2.24) is 10.2 Å². The van der Waals surface area contributed by atoms with Gasteiger partial charge < -0.3 is 10.2 Å². The fourth-order valence-electron chi connectivity index (χ4n) is 2.64. The predicted molar refractivity (Wildman–Crippen MR) is 65.2 cm³/mol. The summed E-state index contributed by atoms with van der Waals surface area (Å²) in [6, 6.07) is 0. The number of nitrogens with zero attached hydrogens (tertiary/aromatic N) is 1. The molecule has 1 saturated heterocycles. The van der Waals surface area contributed by atoms with Crippen LogP contribution in [-0.2, 0) is 4.79 Å². The number of nitrogens with one attached hydrogen (secondary N) is 1. The Bertz CT molecular complexity index is 232. The highest BCUT2D eigenvalue weighted by atomic mass is 16.2. The molecule has 1 unspecified atom stereocenters. The topological polar surface area (TPSA) is 32.3 Å². The lowest BCUT2D eigenvalue weighted by Gasteiger charge is -2.30. The van der Waals surface area contributed by atoms with Gasteiger partial charge in [-0.3, -0.25) is 4.79 Å². The Morgan fingerprint density at radius 2 is 2.12 bits per heavy atom. The maximum atomic E-state index is 12.1. The molecular weight excluding hydrogens is 200 g/mol. The van der Waals surface area contributed by atoms with Gasteiger partial charge in [-0.25, -0.2) is 0 Å². The number of carbonyl (C=O) groups is 1. The number of carbonyl (C=O) groups excluding carboxylic acids is 1. The van der Waals surface area contributed by atoms with E-state index >= 15 is 0 Å². The zero-order valence-corrected chi connectivity index (χ0v) is 10.4. The number of rotatable bonds is 4. The van der Waals surface area contributed by atoms with E-state index in [1.165, 1.54) is 25.7 Å². The van der Waals surface area contributed by atoms with Crippen molar-refractivity contribution in [3.63, 3.8) is 0 Å². The van der Waals surface area contributed by atoms with Crippen LogP contribution in [0.2, 0.25) is 0 Å². The molecule has 0 aromatic carbocycles. The number of hydrogen-bond acceptors (Lipinski definition) is 2. The largest absolute Gasteiger partial charge is 0.345 e. The molecular formula is C13H24N2O. The zero-order chi connectivity index (χ0) is 11.4. The van der Waals surface area contributed by atoms with E-state index in [1.807, 2.05) is 11.9 Å². The van der Waals surface area contributed by atoms with Crippen molar-refractivity contribution in [3.8, 4) is 0 Å². The second kappa shape index (κ2) is 5.67. The van der Waals surface area contributed by atoms with Crippen molar-refractivity contribution in [1.29, 1.82) is 0 Å².